The number of rotatable bonds is 8. The lowest BCUT2D eigenvalue weighted by Crippen LogP contribution is -2.13. The van der Waals surface area contributed by atoms with Crippen LogP contribution in [0.4, 0.5) is 5.69 Å². The third-order valence-corrected chi connectivity index (χ3v) is 4.91. The molecule has 0 radical (unpaired) electrons. The zero-order chi connectivity index (χ0) is 20.6. The molecule has 0 fully saturated rings. The predicted molar refractivity (Wildman–Crippen MR) is 116 cm³/mol. The second-order valence-corrected chi connectivity index (χ2v) is 7.33. The van der Waals surface area contributed by atoms with Gasteiger partial charge in [-0.1, -0.05) is 60.3 Å². The number of ether oxygens (including phenoxy) is 1. The maximum absolute atomic E-state index is 12.2. The number of carbonyl (C=O) groups is 1. The van der Waals surface area contributed by atoms with Crippen LogP contribution in [0.2, 0.25) is 0 Å². The number of para-hydroxylation sites is 1. The number of amides is 1. The Hall–Kier alpha value is -3.58. The van der Waals surface area contributed by atoms with E-state index in [1.54, 1.807) is 12.1 Å². The van der Waals surface area contributed by atoms with E-state index >= 15 is 0 Å². The minimum absolute atomic E-state index is 0.153. The second kappa shape index (κ2) is 9.76. The summed E-state index contributed by atoms with van der Waals surface area (Å²) in [4.78, 5) is 12.2. The van der Waals surface area contributed by atoms with Gasteiger partial charge in [0.2, 0.25) is 11.8 Å². The minimum Gasteiger partial charge on any atom is -0.457 e. The normalized spacial score (nSPS) is 10.5. The lowest BCUT2D eigenvalue weighted by atomic mass is 10.2. The van der Waals surface area contributed by atoms with Crippen molar-refractivity contribution < 1.29 is 13.9 Å². The Morgan fingerprint density at radius 1 is 0.867 bits per heavy atom. The SMILES string of the molecule is O=C(CSc1nnc(Cc2ccccc2)o1)Nc1ccc(Oc2ccccc2)cc1. The van der Waals surface area contributed by atoms with Gasteiger partial charge in [0, 0.05) is 5.69 Å². The fourth-order valence-corrected chi connectivity index (χ4v) is 3.27. The van der Waals surface area contributed by atoms with Gasteiger partial charge in [0.25, 0.3) is 5.22 Å². The first-order valence-corrected chi connectivity index (χ1v) is 10.3. The molecule has 1 aromatic heterocycles. The summed E-state index contributed by atoms with van der Waals surface area (Å²) in [7, 11) is 0. The van der Waals surface area contributed by atoms with Gasteiger partial charge in [0.05, 0.1) is 12.2 Å². The number of hydrogen-bond acceptors (Lipinski definition) is 6. The quantitative estimate of drug-likeness (QED) is 0.398. The molecule has 0 bridgehead atoms. The molecule has 1 N–H and O–H groups in total. The summed E-state index contributed by atoms with van der Waals surface area (Å²) in [5.41, 5.74) is 1.78. The molecule has 0 aliphatic carbocycles. The molecule has 4 rings (SSSR count). The van der Waals surface area contributed by atoms with E-state index < -0.39 is 0 Å². The smallest absolute Gasteiger partial charge is 0.277 e. The van der Waals surface area contributed by atoms with Crippen LogP contribution in [0.15, 0.2) is 94.6 Å². The van der Waals surface area contributed by atoms with E-state index in [2.05, 4.69) is 15.5 Å². The molecule has 0 aliphatic heterocycles. The van der Waals surface area contributed by atoms with E-state index in [0.29, 0.717) is 29.0 Å². The van der Waals surface area contributed by atoms with Crippen LogP contribution in [-0.2, 0) is 11.2 Å². The van der Waals surface area contributed by atoms with E-state index in [1.165, 1.54) is 11.8 Å². The van der Waals surface area contributed by atoms with Gasteiger partial charge in [-0.3, -0.25) is 4.79 Å². The fraction of sp³-hybridized carbons (Fsp3) is 0.0870. The Morgan fingerprint density at radius 3 is 2.27 bits per heavy atom. The van der Waals surface area contributed by atoms with Gasteiger partial charge in [-0.25, -0.2) is 0 Å². The molecule has 3 aromatic carbocycles. The number of anilines is 1. The van der Waals surface area contributed by atoms with Crippen LogP contribution in [0, 0.1) is 0 Å². The van der Waals surface area contributed by atoms with Crippen molar-refractivity contribution in [3.8, 4) is 11.5 Å². The topological polar surface area (TPSA) is 77.2 Å². The van der Waals surface area contributed by atoms with E-state index in [1.807, 2.05) is 72.8 Å². The lowest BCUT2D eigenvalue weighted by molar-refractivity contribution is -0.113. The highest BCUT2D eigenvalue weighted by molar-refractivity contribution is 7.99. The number of benzene rings is 3. The molecule has 6 nitrogen and oxygen atoms in total. The zero-order valence-electron chi connectivity index (χ0n) is 16.0. The molecule has 0 saturated carbocycles. The first-order valence-electron chi connectivity index (χ1n) is 9.36. The average molecular weight is 417 g/mol. The van der Waals surface area contributed by atoms with Crippen molar-refractivity contribution in [3.63, 3.8) is 0 Å². The third-order valence-electron chi connectivity index (χ3n) is 4.09. The average Bonchev–Trinajstić information content (AvgIpc) is 3.22. The van der Waals surface area contributed by atoms with Crippen LogP contribution in [0.5, 0.6) is 11.5 Å². The summed E-state index contributed by atoms with van der Waals surface area (Å²) in [6.07, 6.45) is 0.567. The van der Waals surface area contributed by atoms with Gasteiger partial charge in [0.15, 0.2) is 0 Å². The maximum Gasteiger partial charge on any atom is 0.277 e. The molecule has 0 spiro atoms. The second-order valence-electron chi connectivity index (χ2n) is 6.40. The Labute approximate surface area is 178 Å². The monoisotopic (exact) mass is 417 g/mol. The van der Waals surface area contributed by atoms with Crippen LogP contribution in [-0.4, -0.2) is 21.9 Å². The van der Waals surface area contributed by atoms with Crippen molar-refractivity contribution in [2.45, 2.75) is 11.6 Å². The number of aromatic nitrogens is 2. The number of hydrogen-bond donors (Lipinski definition) is 1. The van der Waals surface area contributed by atoms with Crippen molar-refractivity contribution in [1.29, 1.82) is 0 Å². The molecule has 0 aliphatic rings. The van der Waals surface area contributed by atoms with Gasteiger partial charge in [-0.2, -0.15) is 0 Å². The molecule has 1 heterocycles. The lowest BCUT2D eigenvalue weighted by Gasteiger charge is -2.07. The zero-order valence-corrected chi connectivity index (χ0v) is 16.8. The number of carbonyl (C=O) groups excluding carboxylic acids is 1. The summed E-state index contributed by atoms with van der Waals surface area (Å²) in [6.45, 7) is 0. The largest absolute Gasteiger partial charge is 0.457 e. The van der Waals surface area contributed by atoms with Crippen LogP contribution in [0.25, 0.3) is 0 Å². The first kappa shape index (κ1) is 19.7. The summed E-state index contributed by atoms with van der Waals surface area (Å²) < 4.78 is 11.3. The third kappa shape index (κ3) is 5.71. The molecule has 1 amide bonds. The fourth-order valence-electron chi connectivity index (χ4n) is 2.69. The molecule has 4 aromatic rings. The van der Waals surface area contributed by atoms with Gasteiger partial charge in [-0.05, 0) is 42.0 Å². The van der Waals surface area contributed by atoms with Crippen molar-refractivity contribution >= 4 is 23.4 Å². The van der Waals surface area contributed by atoms with Crippen LogP contribution in [0.3, 0.4) is 0 Å². The molecule has 150 valence electrons. The van der Waals surface area contributed by atoms with Crippen LogP contribution < -0.4 is 10.1 Å². The number of nitrogens with one attached hydrogen (secondary N) is 1. The summed E-state index contributed by atoms with van der Waals surface area (Å²) in [5, 5.41) is 11.2. The maximum atomic E-state index is 12.2. The van der Waals surface area contributed by atoms with Gasteiger partial charge in [0.1, 0.15) is 11.5 Å². The van der Waals surface area contributed by atoms with E-state index in [9.17, 15) is 4.79 Å². The molecule has 7 heteroatoms. The van der Waals surface area contributed by atoms with E-state index in [4.69, 9.17) is 9.15 Å². The first-order chi connectivity index (χ1) is 14.7. The van der Waals surface area contributed by atoms with E-state index in [-0.39, 0.29) is 11.7 Å². The van der Waals surface area contributed by atoms with E-state index in [0.717, 1.165) is 11.3 Å². The van der Waals surface area contributed by atoms with Crippen LogP contribution >= 0.6 is 11.8 Å². The highest BCUT2D eigenvalue weighted by atomic mass is 32.2. The standard InChI is InChI=1S/C23H19N3O3S/c27-21(16-30-23-26-25-22(29-23)15-17-7-3-1-4-8-17)24-18-11-13-20(14-12-18)28-19-9-5-2-6-10-19/h1-14H,15-16H2,(H,24,27). The van der Waals surface area contributed by atoms with Crippen molar-refractivity contribution in [2.24, 2.45) is 0 Å². The Bertz CT molecular complexity index is 1080. The van der Waals surface area contributed by atoms with Crippen molar-refractivity contribution in [3.05, 3.63) is 96.4 Å². The molecule has 0 unspecified atom stereocenters. The summed E-state index contributed by atoms with van der Waals surface area (Å²) in [6, 6.07) is 26.6. The van der Waals surface area contributed by atoms with Crippen LogP contribution in [0.1, 0.15) is 11.5 Å². The predicted octanol–water partition coefficient (Wildman–Crippen LogP) is 5.18. The molecular formula is C23H19N3O3S. The summed E-state index contributed by atoms with van der Waals surface area (Å²) in [5.74, 6) is 2.01. The Balaban J connectivity index is 1.25. The minimum atomic E-state index is -0.153. The summed E-state index contributed by atoms with van der Waals surface area (Å²) >= 11 is 1.21. The Kier molecular flexibility index (Phi) is 6.41. The van der Waals surface area contributed by atoms with Crippen molar-refractivity contribution in [1.82, 2.24) is 10.2 Å². The molecule has 0 saturated heterocycles. The number of thioether (sulfide) groups is 1. The van der Waals surface area contributed by atoms with Gasteiger partial charge in [-0.15, -0.1) is 10.2 Å². The highest BCUT2D eigenvalue weighted by Crippen LogP contribution is 2.23. The molecular weight excluding hydrogens is 398 g/mol. The van der Waals surface area contributed by atoms with Gasteiger partial charge < -0.3 is 14.5 Å². The van der Waals surface area contributed by atoms with Crippen molar-refractivity contribution in [2.75, 3.05) is 11.1 Å². The number of nitrogens with zero attached hydrogens (tertiary/aromatic N) is 2. The molecule has 0 atom stereocenters. The molecule has 30 heavy (non-hydrogen) atoms. The van der Waals surface area contributed by atoms with Gasteiger partial charge >= 0.3 is 0 Å². The highest BCUT2D eigenvalue weighted by Gasteiger charge is 2.10. The Morgan fingerprint density at radius 2 is 1.53 bits per heavy atom.